The molecule has 0 saturated carbocycles. The third-order valence-electron chi connectivity index (χ3n) is 1.54. The minimum Gasteiger partial charge on any atom is -0.382 e. The molecule has 0 fully saturated rings. The van der Waals surface area contributed by atoms with Gasteiger partial charge in [-0.05, 0) is 12.1 Å². The lowest BCUT2D eigenvalue weighted by molar-refractivity contribution is 0.881. The first-order valence-corrected chi connectivity index (χ1v) is 3.33. The number of aryl methyl sites for hydroxylation is 1. The van der Waals surface area contributed by atoms with Gasteiger partial charge in [0, 0.05) is 5.69 Å². The third-order valence-corrected chi connectivity index (χ3v) is 1.54. The Morgan fingerprint density at radius 1 is 1.33 bits per heavy atom. The van der Waals surface area contributed by atoms with Crippen LogP contribution in [-0.2, 0) is 0 Å². The third kappa shape index (κ3) is 0.831. The quantitative estimate of drug-likeness (QED) is 0.526. The Labute approximate surface area is 67.4 Å². The van der Waals surface area contributed by atoms with Gasteiger partial charge in [0.2, 0.25) is 5.82 Å². The van der Waals surface area contributed by atoms with Crippen LogP contribution in [0.15, 0.2) is 0 Å². The van der Waals surface area contributed by atoms with Crippen molar-refractivity contribution < 1.29 is 0 Å². The maximum absolute atomic E-state index is 5.57. The molecule has 2 rings (SSSR count). The number of anilines is 1. The number of nitrogen functional groups attached to an aromatic ring is 1. The average molecular weight is 165 g/mol. The number of nitrogens with one attached hydrogen (secondary N) is 2. The summed E-state index contributed by atoms with van der Waals surface area (Å²) in [6.45, 7) is 1.84. The van der Waals surface area contributed by atoms with Gasteiger partial charge in [-0.25, -0.2) is 0 Å². The number of nitrogens with two attached hydrogens (primary N) is 1. The Kier molecular flexibility index (Phi) is 1.29. The molecule has 2 heterocycles. The standard InChI is InChI=1S/C5H7N7/c1-2-3(4(6)8-7-2)5-9-11-12-10-5/h1H3,(H3,6,7,8)(H,9,10,11,12). The SMILES string of the molecule is Cc1[nH]nc(N)c1-c1nn[nH]n1. The normalized spacial score (nSPS) is 10.4. The highest BCUT2D eigenvalue weighted by atomic mass is 15.5. The van der Waals surface area contributed by atoms with Gasteiger partial charge in [0.1, 0.15) is 0 Å². The Morgan fingerprint density at radius 3 is 2.67 bits per heavy atom. The molecule has 0 radical (unpaired) electrons. The van der Waals surface area contributed by atoms with Gasteiger partial charge >= 0.3 is 0 Å². The highest BCUT2D eigenvalue weighted by Gasteiger charge is 2.12. The van der Waals surface area contributed by atoms with Gasteiger partial charge in [-0.2, -0.15) is 10.3 Å². The predicted molar refractivity (Wildman–Crippen MR) is 40.9 cm³/mol. The molecule has 0 aliphatic heterocycles. The summed E-state index contributed by atoms with van der Waals surface area (Å²) in [6, 6.07) is 0. The van der Waals surface area contributed by atoms with E-state index in [9.17, 15) is 0 Å². The highest BCUT2D eigenvalue weighted by molar-refractivity contribution is 5.69. The number of nitrogens with zero attached hydrogens (tertiary/aromatic N) is 4. The van der Waals surface area contributed by atoms with Crippen molar-refractivity contribution in [1.29, 1.82) is 0 Å². The van der Waals surface area contributed by atoms with Crippen molar-refractivity contribution in [3.63, 3.8) is 0 Å². The number of hydrogen-bond donors (Lipinski definition) is 3. The number of aromatic nitrogens is 6. The molecule has 12 heavy (non-hydrogen) atoms. The highest BCUT2D eigenvalue weighted by Crippen LogP contribution is 2.22. The molecule has 2 aromatic rings. The van der Waals surface area contributed by atoms with E-state index in [1.165, 1.54) is 0 Å². The second-order valence-electron chi connectivity index (χ2n) is 2.34. The Morgan fingerprint density at radius 2 is 2.17 bits per heavy atom. The van der Waals surface area contributed by atoms with Crippen molar-refractivity contribution in [1.82, 2.24) is 30.8 Å². The van der Waals surface area contributed by atoms with E-state index >= 15 is 0 Å². The van der Waals surface area contributed by atoms with Crippen molar-refractivity contribution >= 4 is 5.82 Å². The molecule has 0 spiro atoms. The second-order valence-corrected chi connectivity index (χ2v) is 2.34. The van der Waals surface area contributed by atoms with Gasteiger partial charge < -0.3 is 5.73 Å². The average Bonchev–Trinajstić information content (AvgIpc) is 2.61. The van der Waals surface area contributed by atoms with Crippen molar-refractivity contribution in [3.05, 3.63) is 5.69 Å². The summed E-state index contributed by atoms with van der Waals surface area (Å²) in [6.07, 6.45) is 0. The molecule has 0 aromatic carbocycles. The lowest BCUT2D eigenvalue weighted by Crippen LogP contribution is -1.89. The summed E-state index contributed by atoms with van der Waals surface area (Å²) in [4.78, 5) is 0. The fraction of sp³-hybridized carbons (Fsp3) is 0.200. The molecule has 2 aromatic heterocycles. The number of aromatic amines is 2. The van der Waals surface area contributed by atoms with Gasteiger partial charge in [0.25, 0.3) is 0 Å². The van der Waals surface area contributed by atoms with E-state index in [0.717, 1.165) is 5.69 Å². The van der Waals surface area contributed by atoms with Gasteiger partial charge in [-0.15, -0.1) is 10.2 Å². The van der Waals surface area contributed by atoms with Crippen LogP contribution in [0.3, 0.4) is 0 Å². The van der Waals surface area contributed by atoms with E-state index in [0.29, 0.717) is 17.2 Å². The van der Waals surface area contributed by atoms with Crippen molar-refractivity contribution in [2.24, 2.45) is 0 Å². The molecular weight excluding hydrogens is 158 g/mol. The van der Waals surface area contributed by atoms with E-state index in [4.69, 9.17) is 5.73 Å². The first-order valence-electron chi connectivity index (χ1n) is 3.33. The Balaban J connectivity index is 2.60. The summed E-state index contributed by atoms with van der Waals surface area (Å²) in [5, 5.41) is 19.9. The van der Waals surface area contributed by atoms with Crippen LogP contribution in [0.1, 0.15) is 5.69 Å². The number of rotatable bonds is 1. The lowest BCUT2D eigenvalue weighted by atomic mass is 10.2. The van der Waals surface area contributed by atoms with Crippen molar-refractivity contribution in [2.75, 3.05) is 5.73 Å². The topological polar surface area (TPSA) is 109 Å². The zero-order valence-corrected chi connectivity index (χ0v) is 6.37. The zero-order chi connectivity index (χ0) is 8.55. The first kappa shape index (κ1) is 6.77. The smallest absolute Gasteiger partial charge is 0.210 e. The first-order chi connectivity index (χ1) is 5.79. The summed E-state index contributed by atoms with van der Waals surface area (Å²) >= 11 is 0. The molecule has 0 unspecified atom stereocenters. The molecule has 0 bridgehead atoms. The van der Waals surface area contributed by atoms with Crippen LogP contribution in [0, 0.1) is 6.92 Å². The van der Waals surface area contributed by atoms with Gasteiger partial charge in [-0.1, -0.05) is 0 Å². The summed E-state index contributed by atoms with van der Waals surface area (Å²) < 4.78 is 0. The van der Waals surface area contributed by atoms with Crippen LogP contribution in [-0.4, -0.2) is 30.8 Å². The zero-order valence-electron chi connectivity index (χ0n) is 6.37. The van der Waals surface area contributed by atoms with Crippen LogP contribution >= 0.6 is 0 Å². The molecule has 4 N–H and O–H groups in total. The van der Waals surface area contributed by atoms with E-state index in [-0.39, 0.29) is 0 Å². The monoisotopic (exact) mass is 165 g/mol. The molecule has 0 saturated heterocycles. The Hall–Kier alpha value is -1.92. The van der Waals surface area contributed by atoms with Crippen LogP contribution in [0.2, 0.25) is 0 Å². The van der Waals surface area contributed by atoms with Crippen molar-refractivity contribution in [3.8, 4) is 11.4 Å². The molecule has 0 amide bonds. The molecule has 7 heteroatoms. The molecule has 62 valence electrons. The lowest BCUT2D eigenvalue weighted by Gasteiger charge is -1.90. The van der Waals surface area contributed by atoms with E-state index in [1.54, 1.807) is 0 Å². The maximum Gasteiger partial charge on any atom is 0.210 e. The second kappa shape index (κ2) is 2.29. The molecule has 0 atom stereocenters. The van der Waals surface area contributed by atoms with Gasteiger partial charge in [0.15, 0.2) is 5.82 Å². The fourth-order valence-corrected chi connectivity index (χ4v) is 0.998. The predicted octanol–water partition coefficient (Wildman–Crippen LogP) is -0.520. The van der Waals surface area contributed by atoms with E-state index in [1.807, 2.05) is 6.92 Å². The van der Waals surface area contributed by atoms with E-state index in [2.05, 4.69) is 30.8 Å². The Bertz CT molecular complexity index is 353. The number of hydrogen-bond acceptors (Lipinski definition) is 5. The molecule has 7 nitrogen and oxygen atoms in total. The molecular formula is C5H7N7. The minimum atomic E-state index is 0.383. The summed E-state index contributed by atoms with van der Waals surface area (Å²) in [5.41, 5.74) is 7.09. The van der Waals surface area contributed by atoms with Crippen LogP contribution < -0.4 is 5.73 Å². The van der Waals surface area contributed by atoms with Gasteiger partial charge in [-0.3, -0.25) is 5.10 Å². The van der Waals surface area contributed by atoms with E-state index < -0.39 is 0 Å². The summed E-state index contributed by atoms with van der Waals surface area (Å²) in [5.74, 6) is 0.840. The molecule has 0 aliphatic carbocycles. The largest absolute Gasteiger partial charge is 0.382 e. The van der Waals surface area contributed by atoms with Crippen LogP contribution in [0.25, 0.3) is 11.4 Å². The van der Waals surface area contributed by atoms with Crippen LogP contribution in [0.5, 0.6) is 0 Å². The fourth-order valence-electron chi connectivity index (χ4n) is 0.998. The number of tetrazole rings is 1. The number of H-pyrrole nitrogens is 2. The minimum absolute atomic E-state index is 0.383. The van der Waals surface area contributed by atoms with Crippen molar-refractivity contribution in [2.45, 2.75) is 6.92 Å². The van der Waals surface area contributed by atoms with Gasteiger partial charge in [0.05, 0.1) is 5.56 Å². The maximum atomic E-state index is 5.57. The summed E-state index contributed by atoms with van der Waals surface area (Å²) in [7, 11) is 0. The van der Waals surface area contributed by atoms with Crippen LogP contribution in [0.4, 0.5) is 5.82 Å². The molecule has 0 aliphatic rings.